The molecule has 7 heteroatoms. The van der Waals surface area contributed by atoms with Crippen molar-refractivity contribution in [2.24, 2.45) is 0 Å². The molecule has 1 atom stereocenters. The van der Waals surface area contributed by atoms with E-state index in [0.29, 0.717) is 5.56 Å². The van der Waals surface area contributed by atoms with E-state index in [9.17, 15) is 13.5 Å². The molecular formula is C13H18N2O4S. The zero-order valence-electron chi connectivity index (χ0n) is 11.2. The lowest BCUT2D eigenvalue weighted by molar-refractivity contribution is 0.00322. The number of nitrogens with zero attached hydrogens (tertiary/aromatic N) is 1. The van der Waals surface area contributed by atoms with Crippen molar-refractivity contribution in [2.75, 3.05) is 25.4 Å². The van der Waals surface area contributed by atoms with Gasteiger partial charge in [-0.1, -0.05) is 0 Å². The fourth-order valence-corrected chi connectivity index (χ4v) is 2.67. The SMILES string of the molecule is CC(O)(CO)CNCCS(=O)(=O)c1ccc(C#N)cc1. The summed E-state index contributed by atoms with van der Waals surface area (Å²) >= 11 is 0. The Bertz CT molecular complexity index is 573. The third-order valence-corrected chi connectivity index (χ3v) is 4.47. The van der Waals surface area contributed by atoms with Crippen LogP contribution in [0.3, 0.4) is 0 Å². The Morgan fingerprint density at radius 2 is 1.95 bits per heavy atom. The van der Waals surface area contributed by atoms with Crippen LogP contribution in [0.15, 0.2) is 29.2 Å². The minimum atomic E-state index is -3.43. The van der Waals surface area contributed by atoms with Crippen LogP contribution < -0.4 is 5.32 Å². The molecule has 1 aromatic rings. The highest BCUT2D eigenvalue weighted by atomic mass is 32.2. The average molecular weight is 298 g/mol. The van der Waals surface area contributed by atoms with Crippen LogP contribution in [0.1, 0.15) is 12.5 Å². The maximum Gasteiger partial charge on any atom is 0.179 e. The van der Waals surface area contributed by atoms with Crippen LogP contribution in [0.5, 0.6) is 0 Å². The van der Waals surface area contributed by atoms with Gasteiger partial charge < -0.3 is 15.5 Å². The standard InChI is InChI=1S/C13H18N2O4S/c1-13(17,10-16)9-15-6-7-20(18,19)12-4-2-11(8-14)3-5-12/h2-5,15-17H,6-7,9-10H2,1H3. The monoisotopic (exact) mass is 298 g/mol. The van der Waals surface area contributed by atoms with E-state index in [1.807, 2.05) is 6.07 Å². The fourth-order valence-electron chi connectivity index (χ4n) is 1.47. The topological polar surface area (TPSA) is 110 Å². The lowest BCUT2D eigenvalue weighted by Crippen LogP contribution is -2.42. The molecule has 0 aliphatic rings. The van der Waals surface area contributed by atoms with Gasteiger partial charge in [0.05, 0.1) is 34.5 Å². The Kier molecular flexibility index (Phi) is 5.65. The molecule has 6 nitrogen and oxygen atoms in total. The third-order valence-electron chi connectivity index (χ3n) is 2.74. The van der Waals surface area contributed by atoms with Crippen molar-refractivity contribution >= 4 is 9.84 Å². The van der Waals surface area contributed by atoms with Crippen molar-refractivity contribution in [2.45, 2.75) is 17.4 Å². The van der Waals surface area contributed by atoms with Crippen LogP contribution in [-0.2, 0) is 9.84 Å². The molecule has 0 aliphatic carbocycles. The number of hydrogen-bond donors (Lipinski definition) is 3. The van der Waals surface area contributed by atoms with Gasteiger partial charge >= 0.3 is 0 Å². The van der Waals surface area contributed by atoms with Crippen LogP contribution in [0, 0.1) is 11.3 Å². The summed E-state index contributed by atoms with van der Waals surface area (Å²) in [6.07, 6.45) is 0. The number of aliphatic hydroxyl groups is 2. The summed E-state index contributed by atoms with van der Waals surface area (Å²) < 4.78 is 24.0. The smallest absolute Gasteiger partial charge is 0.179 e. The van der Waals surface area contributed by atoms with Gasteiger partial charge in [0, 0.05) is 13.1 Å². The molecule has 0 bridgehead atoms. The zero-order chi connectivity index (χ0) is 15.2. The van der Waals surface area contributed by atoms with Crippen LogP contribution in [0.2, 0.25) is 0 Å². The minimum Gasteiger partial charge on any atom is -0.393 e. The molecule has 3 N–H and O–H groups in total. The van der Waals surface area contributed by atoms with E-state index in [1.54, 1.807) is 0 Å². The molecule has 0 radical (unpaired) electrons. The van der Waals surface area contributed by atoms with E-state index in [-0.39, 0.29) is 23.7 Å². The van der Waals surface area contributed by atoms with Gasteiger partial charge in [-0.3, -0.25) is 0 Å². The van der Waals surface area contributed by atoms with E-state index in [4.69, 9.17) is 10.4 Å². The van der Waals surface area contributed by atoms with Gasteiger partial charge in [-0.05, 0) is 31.2 Å². The lowest BCUT2D eigenvalue weighted by Gasteiger charge is -2.20. The van der Waals surface area contributed by atoms with Gasteiger partial charge in [0.15, 0.2) is 9.84 Å². The Labute approximate surface area is 118 Å². The van der Waals surface area contributed by atoms with E-state index >= 15 is 0 Å². The predicted molar refractivity (Wildman–Crippen MR) is 73.8 cm³/mol. The van der Waals surface area contributed by atoms with Gasteiger partial charge in [-0.25, -0.2) is 8.42 Å². The maximum absolute atomic E-state index is 12.0. The molecule has 0 saturated carbocycles. The molecular weight excluding hydrogens is 280 g/mol. The van der Waals surface area contributed by atoms with Crippen molar-refractivity contribution in [1.82, 2.24) is 5.32 Å². The Morgan fingerprint density at radius 3 is 2.45 bits per heavy atom. The van der Waals surface area contributed by atoms with Crippen molar-refractivity contribution in [3.8, 4) is 6.07 Å². The Balaban J connectivity index is 2.56. The van der Waals surface area contributed by atoms with E-state index in [2.05, 4.69) is 5.32 Å². The summed E-state index contributed by atoms with van der Waals surface area (Å²) in [5.74, 6) is -0.125. The summed E-state index contributed by atoms with van der Waals surface area (Å²) in [5, 5.41) is 29.8. The number of hydrogen-bond acceptors (Lipinski definition) is 6. The van der Waals surface area contributed by atoms with Gasteiger partial charge in [0.1, 0.15) is 0 Å². The Hall–Kier alpha value is -1.46. The molecule has 0 aromatic heterocycles. The van der Waals surface area contributed by atoms with Gasteiger partial charge in [0.25, 0.3) is 0 Å². The maximum atomic E-state index is 12.0. The normalized spacial score (nSPS) is 14.5. The van der Waals surface area contributed by atoms with Crippen LogP contribution >= 0.6 is 0 Å². The summed E-state index contributed by atoms with van der Waals surface area (Å²) in [6, 6.07) is 7.63. The quantitative estimate of drug-likeness (QED) is 0.594. The molecule has 0 saturated heterocycles. The van der Waals surface area contributed by atoms with Crippen molar-refractivity contribution in [3.05, 3.63) is 29.8 Å². The first kappa shape index (κ1) is 16.6. The zero-order valence-corrected chi connectivity index (χ0v) is 12.0. The minimum absolute atomic E-state index is 0.104. The molecule has 0 fully saturated rings. The van der Waals surface area contributed by atoms with E-state index in [1.165, 1.54) is 31.2 Å². The largest absolute Gasteiger partial charge is 0.393 e. The first-order valence-electron chi connectivity index (χ1n) is 6.08. The van der Waals surface area contributed by atoms with E-state index in [0.717, 1.165) is 0 Å². The van der Waals surface area contributed by atoms with E-state index < -0.39 is 22.0 Å². The molecule has 0 amide bonds. The van der Waals surface area contributed by atoms with Crippen molar-refractivity contribution < 1.29 is 18.6 Å². The summed E-state index contributed by atoms with van der Waals surface area (Å²) in [5.41, 5.74) is -0.862. The first-order chi connectivity index (χ1) is 9.30. The fraction of sp³-hybridized carbons (Fsp3) is 0.462. The number of aliphatic hydroxyl groups excluding tert-OH is 1. The van der Waals surface area contributed by atoms with Crippen LogP contribution in [0.25, 0.3) is 0 Å². The number of nitriles is 1. The lowest BCUT2D eigenvalue weighted by atomic mass is 10.1. The molecule has 1 aromatic carbocycles. The van der Waals surface area contributed by atoms with Crippen molar-refractivity contribution in [1.29, 1.82) is 5.26 Å². The van der Waals surface area contributed by atoms with Crippen molar-refractivity contribution in [3.63, 3.8) is 0 Å². The highest BCUT2D eigenvalue weighted by Crippen LogP contribution is 2.11. The number of rotatable bonds is 7. The van der Waals surface area contributed by atoms with Gasteiger partial charge in [-0.15, -0.1) is 0 Å². The number of sulfone groups is 1. The summed E-state index contributed by atoms with van der Waals surface area (Å²) in [7, 11) is -3.43. The highest BCUT2D eigenvalue weighted by Gasteiger charge is 2.19. The van der Waals surface area contributed by atoms with Crippen LogP contribution in [0.4, 0.5) is 0 Å². The molecule has 1 rings (SSSR count). The van der Waals surface area contributed by atoms with Gasteiger partial charge in [0.2, 0.25) is 0 Å². The van der Waals surface area contributed by atoms with Crippen LogP contribution in [-0.4, -0.2) is 49.7 Å². The highest BCUT2D eigenvalue weighted by molar-refractivity contribution is 7.91. The molecule has 0 heterocycles. The number of benzene rings is 1. The molecule has 1 unspecified atom stereocenters. The molecule has 110 valence electrons. The second-order valence-electron chi connectivity index (χ2n) is 4.79. The molecule has 0 spiro atoms. The second-order valence-corrected chi connectivity index (χ2v) is 6.90. The third kappa shape index (κ3) is 4.90. The average Bonchev–Trinajstić information content (AvgIpc) is 2.44. The Morgan fingerprint density at radius 1 is 1.35 bits per heavy atom. The number of nitrogens with one attached hydrogen (secondary N) is 1. The second kappa shape index (κ2) is 6.81. The first-order valence-corrected chi connectivity index (χ1v) is 7.73. The molecule has 20 heavy (non-hydrogen) atoms. The summed E-state index contributed by atoms with van der Waals surface area (Å²) in [4.78, 5) is 0.159. The summed E-state index contributed by atoms with van der Waals surface area (Å²) in [6.45, 7) is 1.32. The van der Waals surface area contributed by atoms with Gasteiger partial charge in [-0.2, -0.15) is 5.26 Å². The predicted octanol–water partition coefficient (Wildman–Crippen LogP) is -0.335. The molecule has 0 aliphatic heterocycles.